The highest BCUT2D eigenvalue weighted by atomic mass is 16.1. The van der Waals surface area contributed by atoms with Crippen LogP contribution in [0.5, 0.6) is 0 Å². The molecule has 1 atom stereocenters. The average Bonchev–Trinajstić information content (AvgIpc) is 3.07. The number of para-hydroxylation sites is 1. The third-order valence-electron chi connectivity index (χ3n) is 4.81. The Kier molecular flexibility index (Phi) is 6.06. The standard InChI is InChI=1S/C20H29N5O/c1-23(2)13-17-14-25(15-22-17)19-9-5-4-8-18(19)20(26)21-11-16-7-6-10-24(3)12-16/h4-5,8-9,14-16H,6-7,10-13H2,1-3H3,(H,21,26). The van der Waals surface area contributed by atoms with E-state index in [0.29, 0.717) is 11.5 Å². The Morgan fingerprint density at radius 1 is 1.35 bits per heavy atom. The number of likely N-dealkylation sites (tertiary alicyclic amines) is 1. The van der Waals surface area contributed by atoms with Crippen LogP contribution in [-0.4, -0.2) is 66.0 Å². The number of amides is 1. The number of nitrogens with one attached hydrogen (secondary N) is 1. The number of hydrogen-bond acceptors (Lipinski definition) is 4. The molecule has 0 spiro atoms. The first-order chi connectivity index (χ1) is 12.5. The summed E-state index contributed by atoms with van der Waals surface area (Å²) in [4.78, 5) is 21.6. The van der Waals surface area contributed by atoms with Crippen molar-refractivity contribution >= 4 is 5.91 Å². The Hall–Kier alpha value is -2.18. The first-order valence-corrected chi connectivity index (χ1v) is 9.26. The van der Waals surface area contributed by atoms with Crippen LogP contribution in [0.1, 0.15) is 28.9 Å². The van der Waals surface area contributed by atoms with Crippen LogP contribution in [0.3, 0.4) is 0 Å². The second-order valence-electron chi connectivity index (χ2n) is 7.51. The highest BCUT2D eigenvalue weighted by molar-refractivity contribution is 5.97. The Balaban J connectivity index is 1.70. The molecule has 2 heterocycles. The van der Waals surface area contributed by atoms with E-state index in [1.54, 1.807) is 6.33 Å². The van der Waals surface area contributed by atoms with Gasteiger partial charge in [0.15, 0.2) is 0 Å². The molecule has 1 fully saturated rings. The zero-order chi connectivity index (χ0) is 18.5. The van der Waals surface area contributed by atoms with Gasteiger partial charge in [0.1, 0.15) is 0 Å². The van der Waals surface area contributed by atoms with Gasteiger partial charge in [0.05, 0.1) is 23.3 Å². The molecule has 1 unspecified atom stereocenters. The number of rotatable bonds is 6. The van der Waals surface area contributed by atoms with Crippen molar-refractivity contribution in [3.63, 3.8) is 0 Å². The molecule has 6 nitrogen and oxygen atoms in total. The average molecular weight is 355 g/mol. The minimum absolute atomic E-state index is 0.0170. The SMILES string of the molecule is CN(C)Cc1cn(-c2ccccc2C(=O)NCC2CCCN(C)C2)cn1. The molecule has 0 bridgehead atoms. The van der Waals surface area contributed by atoms with Gasteiger partial charge in [-0.05, 0) is 58.6 Å². The monoisotopic (exact) mass is 355 g/mol. The van der Waals surface area contributed by atoms with Crippen LogP contribution in [0.15, 0.2) is 36.8 Å². The van der Waals surface area contributed by atoms with Crippen molar-refractivity contribution in [2.24, 2.45) is 5.92 Å². The van der Waals surface area contributed by atoms with Crippen molar-refractivity contribution in [3.8, 4) is 5.69 Å². The lowest BCUT2D eigenvalue weighted by atomic mass is 9.98. The predicted molar refractivity (Wildman–Crippen MR) is 104 cm³/mol. The number of carbonyl (C=O) groups excluding carboxylic acids is 1. The fourth-order valence-electron chi connectivity index (χ4n) is 3.56. The maximum atomic E-state index is 12.8. The molecule has 1 aliphatic rings. The van der Waals surface area contributed by atoms with Gasteiger partial charge in [-0.15, -0.1) is 0 Å². The topological polar surface area (TPSA) is 53.4 Å². The lowest BCUT2D eigenvalue weighted by Crippen LogP contribution is -2.39. The summed E-state index contributed by atoms with van der Waals surface area (Å²) in [5, 5.41) is 3.13. The summed E-state index contributed by atoms with van der Waals surface area (Å²) < 4.78 is 1.93. The van der Waals surface area contributed by atoms with Gasteiger partial charge < -0.3 is 19.7 Å². The lowest BCUT2D eigenvalue weighted by molar-refractivity contribution is 0.0937. The maximum absolute atomic E-state index is 12.8. The summed E-state index contributed by atoms with van der Waals surface area (Å²) in [5.74, 6) is 0.515. The number of aromatic nitrogens is 2. The quantitative estimate of drug-likeness (QED) is 0.861. The van der Waals surface area contributed by atoms with Gasteiger partial charge in [-0.1, -0.05) is 12.1 Å². The molecule has 26 heavy (non-hydrogen) atoms. The van der Waals surface area contributed by atoms with Crippen molar-refractivity contribution in [2.75, 3.05) is 40.8 Å². The zero-order valence-electron chi connectivity index (χ0n) is 16.0. The number of nitrogens with zero attached hydrogens (tertiary/aromatic N) is 4. The number of carbonyl (C=O) groups is 1. The normalized spacial score (nSPS) is 18.2. The van der Waals surface area contributed by atoms with Crippen LogP contribution in [0.4, 0.5) is 0 Å². The van der Waals surface area contributed by atoms with Gasteiger partial charge >= 0.3 is 0 Å². The number of imidazole rings is 1. The van der Waals surface area contributed by atoms with Crippen LogP contribution in [0.25, 0.3) is 5.69 Å². The minimum atomic E-state index is -0.0170. The number of hydrogen-bond donors (Lipinski definition) is 1. The van der Waals surface area contributed by atoms with Crippen LogP contribution >= 0.6 is 0 Å². The smallest absolute Gasteiger partial charge is 0.253 e. The predicted octanol–water partition coefficient (Wildman–Crippen LogP) is 2.01. The van der Waals surface area contributed by atoms with Gasteiger partial charge in [0.2, 0.25) is 0 Å². The zero-order valence-corrected chi connectivity index (χ0v) is 16.0. The molecular formula is C20H29N5O. The van der Waals surface area contributed by atoms with Gasteiger partial charge in [0, 0.05) is 25.8 Å². The van der Waals surface area contributed by atoms with Gasteiger partial charge in [0.25, 0.3) is 5.91 Å². The molecule has 1 N–H and O–H groups in total. The molecular weight excluding hydrogens is 326 g/mol. The number of piperidine rings is 1. The van der Waals surface area contributed by atoms with Crippen LogP contribution < -0.4 is 5.32 Å². The van der Waals surface area contributed by atoms with Crippen LogP contribution in [0.2, 0.25) is 0 Å². The molecule has 1 aromatic carbocycles. The third-order valence-corrected chi connectivity index (χ3v) is 4.81. The van der Waals surface area contributed by atoms with E-state index in [2.05, 4.69) is 27.1 Å². The molecule has 1 saturated heterocycles. The van der Waals surface area contributed by atoms with Crippen molar-refractivity contribution in [1.82, 2.24) is 24.7 Å². The van der Waals surface area contributed by atoms with E-state index in [4.69, 9.17) is 0 Å². The second kappa shape index (κ2) is 8.47. The number of benzene rings is 1. The summed E-state index contributed by atoms with van der Waals surface area (Å²) in [5.41, 5.74) is 2.53. The summed E-state index contributed by atoms with van der Waals surface area (Å²) in [6, 6.07) is 7.70. The first kappa shape index (κ1) is 18.6. The van der Waals surface area contributed by atoms with Gasteiger partial charge in [-0.2, -0.15) is 0 Å². The molecule has 2 aromatic rings. The summed E-state index contributed by atoms with van der Waals surface area (Å²) in [6.45, 7) is 3.71. The Morgan fingerprint density at radius 3 is 2.92 bits per heavy atom. The Morgan fingerprint density at radius 2 is 2.15 bits per heavy atom. The van der Waals surface area contributed by atoms with Crippen molar-refractivity contribution in [3.05, 3.63) is 48.0 Å². The first-order valence-electron chi connectivity index (χ1n) is 9.26. The highest BCUT2D eigenvalue weighted by Crippen LogP contribution is 2.17. The third kappa shape index (κ3) is 4.71. The van der Waals surface area contributed by atoms with Crippen molar-refractivity contribution < 1.29 is 4.79 Å². The lowest BCUT2D eigenvalue weighted by Gasteiger charge is -2.29. The van der Waals surface area contributed by atoms with E-state index < -0.39 is 0 Å². The van der Waals surface area contributed by atoms with E-state index in [9.17, 15) is 4.79 Å². The summed E-state index contributed by atoms with van der Waals surface area (Å²) in [7, 11) is 6.18. The summed E-state index contributed by atoms with van der Waals surface area (Å²) >= 11 is 0. The second-order valence-corrected chi connectivity index (χ2v) is 7.51. The fraction of sp³-hybridized carbons (Fsp3) is 0.500. The molecule has 1 amide bonds. The highest BCUT2D eigenvalue weighted by Gasteiger charge is 2.19. The van der Waals surface area contributed by atoms with E-state index in [1.165, 1.54) is 12.8 Å². The van der Waals surface area contributed by atoms with Crippen molar-refractivity contribution in [1.29, 1.82) is 0 Å². The van der Waals surface area contributed by atoms with Crippen LogP contribution in [0, 0.1) is 5.92 Å². The van der Waals surface area contributed by atoms with Crippen molar-refractivity contribution in [2.45, 2.75) is 19.4 Å². The molecule has 6 heteroatoms. The molecule has 3 rings (SSSR count). The van der Waals surface area contributed by atoms with E-state index in [1.807, 2.05) is 49.1 Å². The molecule has 1 aromatic heterocycles. The molecule has 1 aliphatic heterocycles. The molecule has 140 valence electrons. The minimum Gasteiger partial charge on any atom is -0.352 e. The summed E-state index contributed by atoms with van der Waals surface area (Å²) in [6.07, 6.45) is 6.16. The Bertz CT molecular complexity index is 739. The van der Waals surface area contributed by atoms with E-state index >= 15 is 0 Å². The molecule has 0 radical (unpaired) electrons. The maximum Gasteiger partial charge on any atom is 0.253 e. The van der Waals surface area contributed by atoms with Crippen LogP contribution in [-0.2, 0) is 6.54 Å². The van der Waals surface area contributed by atoms with Gasteiger partial charge in [-0.25, -0.2) is 4.98 Å². The Labute approximate surface area is 155 Å². The molecule has 0 saturated carbocycles. The van der Waals surface area contributed by atoms with E-state index in [-0.39, 0.29) is 5.91 Å². The fourth-order valence-corrected chi connectivity index (χ4v) is 3.56. The van der Waals surface area contributed by atoms with Gasteiger partial charge in [-0.3, -0.25) is 4.79 Å². The molecule has 0 aliphatic carbocycles. The largest absolute Gasteiger partial charge is 0.352 e. The van der Waals surface area contributed by atoms with E-state index in [0.717, 1.165) is 37.6 Å².